The molecule has 2 heterocycles. The van der Waals surface area contributed by atoms with Gasteiger partial charge in [0.25, 0.3) is 5.91 Å². The third-order valence-electron chi connectivity index (χ3n) is 5.53. The van der Waals surface area contributed by atoms with Crippen LogP contribution in [0.25, 0.3) is 17.0 Å². The van der Waals surface area contributed by atoms with E-state index < -0.39 is 0 Å². The van der Waals surface area contributed by atoms with Crippen LogP contribution in [0.5, 0.6) is 0 Å². The van der Waals surface area contributed by atoms with Crippen molar-refractivity contribution in [2.45, 2.75) is 20.4 Å². The fourth-order valence-corrected chi connectivity index (χ4v) is 4.77. The number of carbonyl (C=O) groups is 1. The van der Waals surface area contributed by atoms with Crippen molar-refractivity contribution in [2.24, 2.45) is 4.99 Å². The molecule has 5 heteroatoms. The summed E-state index contributed by atoms with van der Waals surface area (Å²) in [5.74, 6) is -0.113. The monoisotopic (exact) mass is 437 g/mol. The van der Waals surface area contributed by atoms with Gasteiger partial charge in [-0.15, -0.1) is 0 Å². The zero-order valence-electron chi connectivity index (χ0n) is 18.0. The number of amides is 1. The van der Waals surface area contributed by atoms with Crippen LogP contribution in [0.4, 0.5) is 5.69 Å². The molecule has 0 bridgehead atoms. The van der Waals surface area contributed by atoms with Gasteiger partial charge in [0.05, 0.1) is 10.6 Å². The number of carbonyl (C=O) groups excluding carboxylic acids is 1. The number of hydrogen-bond donors (Lipinski definition) is 1. The SMILES string of the molecule is Cc1cccc(Cn2cc(/C=C3\SC(=Nc4ccccc4C)NC3=O)c3ccccc32)c1. The first-order chi connectivity index (χ1) is 15.6. The summed E-state index contributed by atoms with van der Waals surface area (Å²) in [7, 11) is 0. The summed E-state index contributed by atoms with van der Waals surface area (Å²) in [6, 6.07) is 24.8. The summed E-state index contributed by atoms with van der Waals surface area (Å²) in [4.78, 5) is 17.9. The summed E-state index contributed by atoms with van der Waals surface area (Å²) >= 11 is 1.38. The van der Waals surface area contributed by atoms with Crippen molar-refractivity contribution < 1.29 is 4.79 Å². The Morgan fingerprint density at radius 3 is 2.66 bits per heavy atom. The van der Waals surface area contributed by atoms with Gasteiger partial charge in [-0.05, 0) is 54.9 Å². The number of aliphatic imine (C=N–C) groups is 1. The molecule has 0 radical (unpaired) electrons. The third kappa shape index (κ3) is 4.12. The number of fused-ring (bicyclic) bond motifs is 1. The second kappa shape index (κ2) is 8.52. The van der Waals surface area contributed by atoms with E-state index in [2.05, 4.69) is 70.5 Å². The molecule has 0 spiro atoms. The lowest BCUT2D eigenvalue weighted by molar-refractivity contribution is -0.115. The number of nitrogens with zero attached hydrogens (tertiary/aromatic N) is 2. The molecule has 0 unspecified atom stereocenters. The lowest BCUT2D eigenvalue weighted by atomic mass is 10.1. The predicted octanol–water partition coefficient (Wildman–Crippen LogP) is 6.20. The molecule has 1 saturated heterocycles. The highest BCUT2D eigenvalue weighted by atomic mass is 32.2. The molecule has 1 amide bonds. The summed E-state index contributed by atoms with van der Waals surface area (Å²) < 4.78 is 2.25. The van der Waals surface area contributed by atoms with Gasteiger partial charge in [-0.2, -0.15) is 0 Å². The standard InChI is InChI=1S/C27H23N3OS/c1-18-8-7-10-20(14-18)16-30-17-21(22-11-4-6-13-24(22)30)15-25-26(31)29-27(32-25)28-23-12-5-3-9-19(23)2/h3-15,17H,16H2,1-2H3,(H,28,29,31)/b25-15-. The first-order valence-electron chi connectivity index (χ1n) is 10.6. The van der Waals surface area contributed by atoms with Gasteiger partial charge in [-0.3, -0.25) is 4.79 Å². The number of para-hydroxylation sites is 2. The Hall–Kier alpha value is -3.57. The van der Waals surface area contributed by atoms with Crippen molar-refractivity contribution in [1.29, 1.82) is 0 Å². The minimum Gasteiger partial charge on any atom is -0.342 e. The highest BCUT2D eigenvalue weighted by Gasteiger charge is 2.24. The van der Waals surface area contributed by atoms with Crippen LogP contribution in [0.2, 0.25) is 0 Å². The number of thioether (sulfide) groups is 1. The largest absolute Gasteiger partial charge is 0.342 e. The molecule has 0 aliphatic carbocycles. The maximum absolute atomic E-state index is 12.6. The summed E-state index contributed by atoms with van der Waals surface area (Å²) in [6.07, 6.45) is 4.10. The van der Waals surface area contributed by atoms with E-state index in [-0.39, 0.29) is 5.91 Å². The van der Waals surface area contributed by atoms with Crippen LogP contribution in [0.1, 0.15) is 22.3 Å². The van der Waals surface area contributed by atoms with E-state index >= 15 is 0 Å². The molecule has 1 aromatic heterocycles. The lowest BCUT2D eigenvalue weighted by Crippen LogP contribution is -2.19. The van der Waals surface area contributed by atoms with Gasteiger partial charge in [0.2, 0.25) is 0 Å². The fourth-order valence-electron chi connectivity index (χ4n) is 3.95. The number of hydrogen-bond acceptors (Lipinski definition) is 3. The molecular formula is C27H23N3OS. The molecular weight excluding hydrogens is 414 g/mol. The average molecular weight is 438 g/mol. The van der Waals surface area contributed by atoms with Gasteiger partial charge in [0.15, 0.2) is 5.17 Å². The van der Waals surface area contributed by atoms with Crippen LogP contribution < -0.4 is 5.32 Å². The fraction of sp³-hybridized carbons (Fsp3) is 0.111. The van der Waals surface area contributed by atoms with Crippen molar-refractivity contribution in [2.75, 3.05) is 0 Å². The first kappa shape index (κ1) is 20.3. The lowest BCUT2D eigenvalue weighted by Gasteiger charge is -2.06. The van der Waals surface area contributed by atoms with Gasteiger partial charge >= 0.3 is 0 Å². The minimum atomic E-state index is -0.113. The third-order valence-corrected chi connectivity index (χ3v) is 6.44. The number of aromatic nitrogens is 1. The topological polar surface area (TPSA) is 46.4 Å². The van der Waals surface area contributed by atoms with Crippen LogP contribution in [0.3, 0.4) is 0 Å². The van der Waals surface area contributed by atoms with Crippen LogP contribution in [0.15, 0.2) is 88.9 Å². The van der Waals surface area contributed by atoms with Gasteiger partial charge in [0.1, 0.15) is 0 Å². The molecule has 1 N–H and O–H groups in total. The number of rotatable bonds is 4. The number of aryl methyl sites for hydroxylation is 2. The summed E-state index contributed by atoms with van der Waals surface area (Å²) in [5.41, 5.74) is 6.63. The van der Waals surface area contributed by atoms with E-state index in [1.165, 1.54) is 22.9 Å². The van der Waals surface area contributed by atoms with Crippen molar-refractivity contribution in [1.82, 2.24) is 9.88 Å². The van der Waals surface area contributed by atoms with Crippen molar-refractivity contribution >= 4 is 45.5 Å². The van der Waals surface area contributed by atoms with Crippen LogP contribution in [0, 0.1) is 13.8 Å². The van der Waals surface area contributed by atoms with E-state index in [1.807, 2.05) is 43.3 Å². The molecule has 1 aliphatic heterocycles. The Morgan fingerprint density at radius 2 is 1.81 bits per heavy atom. The second-order valence-corrected chi connectivity index (χ2v) is 9.02. The molecule has 0 saturated carbocycles. The van der Waals surface area contributed by atoms with Crippen molar-refractivity contribution in [3.05, 3.63) is 106 Å². The zero-order valence-corrected chi connectivity index (χ0v) is 18.8. The van der Waals surface area contributed by atoms with E-state index in [9.17, 15) is 4.79 Å². The Kier molecular flexibility index (Phi) is 5.41. The summed E-state index contributed by atoms with van der Waals surface area (Å²) in [6.45, 7) is 4.91. The quantitative estimate of drug-likeness (QED) is 0.387. The van der Waals surface area contributed by atoms with Crippen LogP contribution >= 0.6 is 11.8 Å². The van der Waals surface area contributed by atoms with Crippen molar-refractivity contribution in [3.8, 4) is 0 Å². The average Bonchev–Trinajstić information content (AvgIpc) is 3.30. The van der Waals surface area contributed by atoms with Crippen LogP contribution in [-0.4, -0.2) is 15.6 Å². The molecule has 1 aliphatic rings. The summed E-state index contributed by atoms with van der Waals surface area (Å²) in [5, 5.41) is 4.64. The minimum absolute atomic E-state index is 0.113. The van der Waals surface area contributed by atoms with Gasteiger partial charge in [-0.1, -0.05) is 66.2 Å². The number of nitrogens with one attached hydrogen (secondary N) is 1. The van der Waals surface area contributed by atoms with Crippen LogP contribution in [-0.2, 0) is 11.3 Å². The molecule has 4 nitrogen and oxygen atoms in total. The predicted molar refractivity (Wildman–Crippen MR) is 134 cm³/mol. The highest BCUT2D eigenvalue weighted by molar-refractivity contribution is 8.18. The van der Waals surface area contributed by atoms with Gasteiger partial charge in [-0.25, -0.2) is 4.99 Å². The Bertz CT molecular complexity index is 1400. The van der Waals surface area contributed by atoms with E-state index in [0.29, 0.717) is 10.1 Å². The Morgan fingerprint density at radius 1 is 1.00 bits per heavy atom. The molecule has 5 rings (SSSR count). The van der Waals surface area contributed by atoms with Gasteiger partial charge < -0.3 is 9.88 Å². The van der Waals surface area contributed by atoms with Gasteiger partial charge in [0, 0.05) is 29.2 Å². The second-order valence-electron chi connectivity index (χ2n) is 7.99. The first-order valence-corrected chi connectivity index (χ1v) is 11.4. The molecule has 4 aromatic rings. The normalized spacial score (nSPS) is 16.2. The van der Waals surface area contributed by atoms with E-state index in [0.717, 1.165) is 34.3 Å². The molecule has 1 fully saturated rings. The Labute approximate surface area is 191 Å². The van der Waals surface area contributed by atoms with Crippen molar-refractivity contribution in [3.63, 3.8) is 0 Å². The van der Waals surface area contributed by atoms with E-state index in [1.54, 1.807) is 0 Å². The molecule has 32 heavy (non-hydrogen) atoms. The maximum Gasteiger partial charge on any atom is 0.264 e. The number of amidine groups is 1. The maximum atomic E-state index is 12.6. The Balaban J connectivity index is 1.48. The molecule has 3 aromatic carbocycles. The molecule has 158 valence electrons. The highest BCUT2D eigenvalue weighted by Crippen LogP contribution is 2.31. The smallest absolute Gasteiger partial charge is 0.264 e. The molecule has 0 atom stereocenters. The zero-order chi connectivity index (χ0) is 22.1. The van der Waals surface area contributed by atoms with E-state index in [4.69, 9.17) is 0 Å². The number of benzene rings is 3.